The highest BCUT2D eigenvalue weighted by Gasteiger charge is 2.25. The topological polar surface area (TPSA) is 21.3 Å². The lowest BCUT2D eigenvalue weighted by Gasteiger charge is -2.33. The maximum Gasteiger partial charge on any atom is 0.123 e. The Morgan fingerprint density at radius 1 is 1.14 bits per heavy atom. The van der Waals surface area contributed by atoms with Crippen molar-refractivity contribution in [3.8, 4) is 5.75 Å². The van der Waals surface area contributed by atoms with Gasteiger partial charge in [-0.25, -0.2) is 0 Å². The molecule has 0 aliphatic rings. The van der Waals surface area contributed by atoms with E-state index in [2.05, 4.69) is 46.9 Å². The van der Waals surface area contributed by atoms with Crippen molar-refractivity contribution < 1.29 is 4.74 Å². The van der Waals surface area contributed by atoms with E-state index in [1.807, 2.05) is 18.2 Å². The molecular weight excluding hydrogens is 282 g/mol. The summed E-state index contributed by atoms with van der Waals surface area (Å²) < 4.78 is 5.81. The number of nitrogens with one attached hydrogen (secondary N) is 1. The predicted molar refractivity (Wildman–Crippen MR) is 92.2 cm³/mol. The lowest BCUT2D eigenvalue weighted by atomic mass is 9.82. The lowest BCUT2D eigenvalue weighted by molar-refractivity contribution is 0.239. The van der Waals surface area contributed by atoms with Crippen molar-refractivity contribution in [1.29, 1.82) is 0 Å². The van der Waals surface area contributed by atoms with Crippen LogP contribution in [-0.4, -0.2) is 12.1 Å². The van der Waals surface area contributed by atoms with Gasteiger partial charge in [-0.1, -0.05) is 39.3 Å². The fourth-order valence-corrected chi connectivity index (χ4v) is 2.96. The van der Waals surface area contributed by atoms with Gasteiger partial charge in [0.15, 0.2) is 0 Å². The van der Waals surface area contributed by atoms with E-state index in [9.17, 15) is 0 Å². The molecule has 2 nitrogen and oxygen atoms in total. The smallest absolute Gasteiger partial charge is 0.123 e. The molecule has 3 heteroatoms. The van der Waals surface area contributed by atoms with Crippen LogP contribution in [0.3, 0.4) is 0 Å². The van der Waals surface area contributed by atoms with E-state index in [4.69, 9.17) is 16.3 Å². The zero-order chi connectivity index (χ0) is 16.1. The van der Waals surface area contributed by atoms with E-state index in [-0.39, 0.29) is 5.54 Å². The van der Waals surface area contributed by atoms with Gasteiger partial charge in [0.05, 0.1) is 6.61 Å². The summed E-state index contributed by atoms with van der Waals surface area (Å²) in [7, 11) is 0. The van der Waals surface area contributed by atoms with Gasteiger partial charge in [0.2, 0.25) is 0 Å². The summed E-state index contributed by atoms with van der Waals surface area (Å²) in [6, 6.07) is 5.84. The minimum Gasteiger partial charge on any atom is -0.493 e. The molecule has 0 radical (unpaired) electrons. The molecule has 0 bridgehead atoms. The van der Waals surface area contributed by atoms with Gasteiger partial charge in [0.25, 0.3) is 0 Å². The molecule has 0 unspecified atom stereocenters. The van der Waals surface area contributed by atoms with Crippen molar-refractivity contribution in [2.45, 2.75) is 66.5 Å². The Bertz CT molecular complexity index is 449. The van der Waals surface area contributed by atoms with Crippen LogP contribution in [0, 0.1) is 5.41 Å². The Morgan fingerprint density at radius 2 is 1.81 bits per heavy atom. The van der Waals surface area contributed by atoms with Crippen LogP contribution in [0.4, 0.5) is 0 Å². The van der Waals surface area contributed by atoms with E-state index < -0.39 is 0 Å². The Balaban J connectivity index is 2.75. The third-order valence-electron chi connectivity index (χ3n) is 3.21. The molecule has 0 aliphatic heterocycles. The van der Waals surface area contributed by atoms with Gasteiger partial charge < -0.3 is 10.1 Å². The second-order valence-electron chi connectivity index (χ2n) is 7.58. The fourth-order valence-electron chi connectivity index (χ4n) is 2.76. The van der Waals surface area contributed by atoms with Crippen molar-refractivity contribution in [1.82, 2.24) is 5.32 Å². The monoisotopic (exact) mass is 311 g/mol. The molecular formula is C18H30ClNO. The van der Waals surface area contributed by atoms with E-state index in [0.717, 1.165) is 42.3 Å². The molecule has 1 N–H and O–H groups in total. The van der Waals surface area contributed by atoms with Gasteiger partial charge in [-0.05, 0) is 50.3 Å². The summed E-state index contributed by atoms with van der Waals surface area (Å²) in [4.78, 5) is 0. The maximum atomic E-state index is 6.12. The van der Waals surface area contributed by atoms with E-state index in [1.54, 1.807) is 0 Å². The molecule has 0 saturated heterocycles. The Morgan fingerprint density at radius 3 is 2.38 bits per heavy atom. The van der Waals surface area contributed by atoms with Crippen LogP contribution in [0.25, 0.3) is 0 Å². The molecule has 21 heavy (non-hydrogen) atoms. The van der Waals surface area contributed by atoms with Crippen LogP contribution in [-0.2, 0) is 6.54 Å². The van der Waals surface area contributed by atoms with Crippen molar-refractivity contribution in [2.24, 2.45) is 5.41 Å². The van der Waals surface area contributed by atoms with E-state index in [0.29, 0.717) is 5.41 Å². The standard InChI is InChI=1S/C18H30ClNO/c1-7-10-21-16-9-8-15(19)11-14(16)12-20-18(5,6)13-17(2,3)4/h8-9,11,20H,7,10,12-13H2,1-6H3. The van der Waals surface area contributed by atoms with Crippen molar-refractivity contribution in [3.63, 3.8) is 0 Å². The van der Waals surface area contributed by atoms with Crippen LogP contribution in [0.2, 0.25) is 5.02 Å². The third kappa shape index (κ3) is 7.19. The number of hydrogen-bond acceptors (Lipinski definition) is 2. The summed E-state index contributed by atoms with van der Waals surface area (Å²) in [6.45, 7) is 14.9. The van der Waals surface area contributed by atoms with Crippen molar-refractivity contribution in [3.05, 3.63) is 28.8 Å². The minimum atomic E-state index is 0.0720. The van der Waals surface area contributed by atoms with Crippen LogP contribution < -0.4 is 10.1 Å². The normalized spacial score (nSPS) is 12.5. The lowest BCUT2D eigenvalue weighted by Crippen LogP contribution is -2.41. The molecule has 1 aromatic rings. The van der Waals surface area contributed by atoms with Gasteiger partial charge >= 0.3 is 0 Å². The Hall–Kier alpha value is -0.730. The van der Waals surface area contributed by atoms with Crippen LogP contribution in [0.1, 0.15) is 59.9 Å². The summed E-state index contributed by atoms with van der Waals surface area (Å²) in [6.07, 6.45) is 2.11. The van der Waals surface area contributed by atoms with Gasteiger partial charge in [-0.3, -0.25) is 0 Å². The molecule has 0 aliphatic carbocycles. The summed E-state index contributed by atoms with van der Waals surface area (Å²) >= 11 is 6.12. The number of halogens is 1. The average molecular weight is 312 g/mol. The first-order chi connectivity index (χ1) is 9.63. The van der Waals surface area contributed by atoms with Crippen LogP contribution in [0.15, 0.2) is 18.2 Å². The highest BCUT2D eigenvalue weighted by atomic mass is 35.5. The highest BCUT2D eigenvalue weighted by Crippen LogP contribution is 2.28. The van der Waals surface area contributed by atoms with Crippen molar-refractivity contribution in [2.75, 3.05) is 6.61 Å². The number of benzene rings is 1. The van der Waals surface area contributed by atoms with Crippen LogP contribution in [0.5, 0.6) is 5.75 Å². The Labute approximate surface area is 135 Å². The molecule has 0 atom stereocenters. The largest absolute Gasteiger partial charge is 0.493 e. The van der Waals surface area contributed by atoms with Gasteiger partial charge in [0.1, 0.15) is 5.75 Å². The van der Waals surface area contributed by atoms with Crippen LogP contribution >= 0.6 is 11.6 Å². The van der Waals surface area contributed by atoms with Gasteiger partial charge in [0, 0.05) is 22.7 Å². The molecule has 0 saturated carbocycles. The number of rotatable bonds is 7. The molecule has 1 rings (SSSR count). The highest BCUT2D eigenvalue weighted by molar-refractivity contribution is 6.30. The Kier molecular flexibility index (Phi) is 6.55. The van der Waals surface area contributed by atoms with E-state index >= 15 is 0 Å². The molecule has 0 fully saturated rings. The quantitative estimate of drug-likeness (QED) is 0.724. The zero-order valence-electron chi connectivity index (χ0n) is 14.3. The average Bonchev–Trinajstić information content (AvgIpc) is 2.32. The maximum absolute atomic E-state index is 6.12. The van der Waals surface area contributed by atoms with Gasteiger partial charge in [-0.15, -0.1) is 0 Å². The number of hydrogen-bond donors (Lipinski definition) is 1. The summed E-state index contributed by atoms with van der Waals surface area (Å²) in [5, 5.41) is 4.39. The first kappa shape index (κ1) is 18.3. The first-order valence-corrected chi connectivity index (χ1v) is 8.17. The molecule has 1 aromatic carbocycles. The predicted octanol–water partition coefficient (Wildman–Crippen LogP) is 5.43. The molecule has 120 valence electrons. The summed E-state index contributed by atoms with van der Waals surface area (Å²) in [5.74, 6) is 0.931. The fraction of sp³-hybridized carbons (Fsp3) is 0.667. The zero-order valence-corrected chi connectivity index (χ0v) is 15.1. The second-order valence-corrected chi connectivity index (χ2v) is 8.01. The molecule has 0 amide bonds. The summed E-state index contributed by atoms with van der Waals surface area (Å²) in [5.41, 5.74) is 1.49. The minimum absolute atomic E-state index is 0.0720. The third-order valence-corrected chi connectivity index (χ3v) is 3.45. The van der Waals surface area contributed by atoms with Gasteiger partial charge in [-0.2, -0.15) is 0 Å². The SMILES string of the molecule is CCCOc1ccc(Cl)cc1CNC(C)(C)CC(C)(C)C. The van der Waals surface area contributed by atoms with E-state index in [1.165, 1.54) is 0 Å². The number of ether oxygens (including phenoxy) is 1. The molecule has 0 spiro atoms. The molecule has 0 heterocycles. The molecule has 0 aromatic heterocycles. The first-order valence-electron chi connectivity index (χ1n) is 7.79. The second kappa shape index (κ2) is 7.51. The van der Waals surface area contributed by atoms with Crippen molar-refractivity contribution >= 4 is 11.6 Å².